The van der Waals surface area contributed by atoms with Crippen LogP contribution in [0, 0.1) is 6.92 Å². The van der Waals surface area contributed by atoms with E-state index in [2.05, 4.69) is 15.0 Å². The summed E-state index contributed by atoms with van der Waals surface area (Å²) < 4.78 is 17.0. The molecule has 8 N–H and O–H groups in total. The maximum atomic E-state index is 11.8. The van der Waals surface area contributed by atoms with Crippen molar-refractivity contribution in [2.45, 2.75) is 64.3 Å². The summed E-state index contributed by atoms with van der Waals surface area (Å²) in [7, 11) is 1.51. The predicted octanol–water partition coefficient (Wildman–Crippen LogP) is 0.0465. The van der Waals surface area contributed by atoms with Crippen LogP contribution in [0.2, 0.25) is 0 Å². The van der Waals surface area contributed by atoms with Crippen LogP contribution in [-0.2, 0) is 27.3 Å². The molecule has 43 heavy (non-hydrogen) atoms. The maximum Gasteiger partial charge on any atom is 0.342 e. The van der Waals surface area contributed by atoms with Gasteiger partial charge in [0.25, 0.3) is 5.56 Å². The van der Waals surface area contributed by atoms with Gasteiger partial charge in [-0.2, -0.15) is 4.98 Å². The number of benzene rings is 1. The van der Waals surface area contributed by atoms with Crippen LogP contribution in [-0.4, -0.2) is 89.0 Å². The number of aliphatic hydroxyl groups is 3. The minimum Gasteiger partial charge on any atom is -0.507 e. The van der Waals surface area contributed by atoms with Crippen LogP contribution in [0.4, 0.5) is 5.95 Å². The number of aromatic amines is 1. The van der Waals surface area contributed by atoms with Crippen LogP contribution in [0.5, 0.6) is 11.5 Å². The number of H-pyrrole nitrogens is 1. The fraction of sp³-hybridized carbons (Fsp3) is 0.444. The summed E-state index contributed by atoms with van der Waals surface area (Å²) in [5.41, 5.74) is 8.16. The molecule has 0 unspecified atom stereocenters. The number of aliphatic hydroxyl groups excluding tert-OH is 3. The molecule has 16 nitrogen and oxygen atoms in total. The number of fused-ring (bicyclic) bond motifs is 2. The minimum absolute atomic E-state index is 0.0388. The van der Waals surface area contributed by atoms with Gasteiger partial charge >= 0.3 is 11.9 Å². The molecule has 0 spiro atoms. The lowest BCUT2D eigenvalue weighted by molar-refractivity contribution is -0.136. The van der Waals surface area contributed by atoms with E-state index < -0.39 is 48.6 Å². The molecule has 0 radical (unpaired) electrons. The third kappa shape index (κ3) is 6.17. The number of carbonyl (C=O) groups is 2. The van der Waals surface area contributed by atoms with E-state index in [1.165, 1.54) is 18.0 Å². The Balaban J connectivity index is 0.000000198. The van der Waals surface area contributed by atoms with Crippen molar-refractivity contribution in [3.05, 3.63) is 50.6 Å². The first kappa shape index (κ1) is 31.4. The molecule has 1 fully saturated rings. The summed E-state index contributed by atoms with van der Waals surface area (Å²) in [5, 5.41) is 47.9. The third-order valence-electron chi connectivity index (χ3n) is 7.28. The number of nitrogens with two attached hydrogens (primary N) is 1. The molecule has 0 amide bonds. The maximum absolute atomic E-state index is 11.8. The van der Waals surface area contributed by atoms with Crippen molar-refractivity contribution in [2.75, 3.05) is 19.5 Å². The number of hydrogen-bond donors (Lipinski definition) is 7. The number of nitrogen functional groups attached to an aromatic ring is 1. The van der Waals surface area contributed by atoms with Gasteiger partial charge in [-0.15, -0.1) is 0 Å². The number of aliphatic carboxylic acids is 1. The number of imidazole rings is 1. The number of aromatic hydroxyl groups is 1. The van der Waals surface area contributed by atoms with Gasteiger partial charge in [0, 0.05) is 17.5 Å². The number of nitrogens with zero attached hydrogens (tertiary/aromatic N) is 3. The zero-order valence-electron chi connectivity index (χ0n) is 23.6. The first-order chi connectivity index (χ1) is 20.4. The van der Waals surface area contributed by atoms with Crippen molar-refractivity contribution < 1.29 is 49.3 Å². The van der Waals surface area contributed by atoms with E-state index in [1.807, 2.05) is 19.9 Å². The second kappa shape index (κ2) is 12.8. The van der Waals surface area contributed by atoms with Crippen molar-refractivity contribution in [1.82, 2.24) is 19.5 Å². The van der Waals surface area contributed by atoms with Crippen molar-refractivity contribution in [1.29, 1.82) is 0 Å². The number of allylic oxidation sites excluding steroid dienone is 2. The topological polar surface area (TPSA) is 253 Å². The van der Waals surface area contributed by atoms with Gasteiger partial charge in [-0.05, 0) is 32.3 Å². The number of hydrogen-bond acceptors (Lipinski definition) is 13. The van der Waals surface area contributed by atoms with Crippen molar-refractivity contribution in [2.24, 2.45) is 0 Å². The number of phenols is 1. The van der Waals surface area contributed by atoms with Gasteiger partial charge < -0.3 is 45.5 Å². The molecule has 2 aromatic heterocycles. The molecule has 4 atom stereocenters. The monoisotopic (exact) mass is 603 g/mol. The lowest BCUT2D eigenvalue weighted by Crippen LogP contribution is -2.33. The Hall–Kier alpha value is -4.51. The second-order valence-electron chi connectivity index (χ2n) is 10.1. The molecule has 1 saturated heterocycles. The molecule has 16 heteroatoms. The highest BCUT2D eigenvalue weighted by atomic mass is 16.6. The van der Waals surface area contributed by atoms with Crippen LogP contribution >= 0.6 is 0 Å². The number of methoxy groups -OCH3 is 1. The van der Waals surface area contributed by atoms with Crippen LogP contribution in [0.15, 0.2) is 22.8 Å². The average molecular weight is 604 g/mol. The Morgan fingerprint density at radius 1 is 1.28 bits per heavy atom. The van der Waals surface area contributed by atoms with Crippen molar-refractivity contribution in [3.63, 3.8) is 0 Å². The highest BCUT2D eigenvalue weighted by Gasteiger charge is 2.44. The summed E-state index contributed by atoms with van der Waals surface area (Å²) in [4.78, 5) is 44.2. The zero-order chi connectivity index (χ0) is 31.6. The van der Waals surface area contributed by atoms with E-state index in [9.17, 15) is 29.7 Å². The van der Waals surface area contributed by atoms with Gasteiger partial charge in [-0.1, -0.05) is 11.6 Å². The van der Waals surface area contributed by atoms with Gasteiger partial charge in [-0.3, -0.25) is 19.1 Å². The van der Waals surface area contributed by atoms with Crippen molar-refractivity contribution in [3.8, 4) is 11.5 Å². The van der Waals surface area contributed by atoms with E-state index >= 15 is 0 Å². The molecule has 2 aliphatic heterocycles. The fourth-order valence-corrected chi connectivity index (χ4v) is 4.95. The molecule has 4 heterocycles. The number of nitrogens with one attached hydrogen (secondary N) is 1. The first-order valence-corrected chi connectivity index (χ1v) is 13.2. The number of carboxylic acid groups (broad SMARTS) is 1. The second-order valence-corrected chi connectivity index (χ2v) is 10.1. The van der Waals surface area contributed by atoms with E-state index in [0.29, 0.717) is 29.7 Å². The molecular formula is C27H33N5O11. The highest BCUT2D eigenvalue weighted by Crippen LogP contribution is 2.42. The van der Waals surface area contributed by atoms with Crippen molar-refractivity contribution >= 4 is 29.1 Å². The molecule has 1 aromatic carbocycles. The van der Waals surface area contributed by atoms with E-state index in [4.69, 9.17) is 30.2 Å². The number of carbonyl (C=O) groups excluding carboxylic acids is 1. The van der Waals surface area contributed by atoms with Gasteiger partial charge in [0.05, 0.1) is 20.0 Å². The smallest absolute Gasteiger partial charge is 0.342 e. The normalized spacial score (nSPS) is 21.3. The summed E-state index contributed by atoms with van der Waals surface area (Å²) >= 11 is 0. The first-order valence-electron chi connectivity index (χ1n) is 13.2. The summed E-state index contributed by atoms with van der Waals surface area (Å²) in [6, 6.07) is 0. The number of aromatic nitrogens is 4. The molecule has 2 aliphatic rings. The SMILES string of the molecule is COc1c(C)c2c(c(O)c1C/C=C(\C)CCC(=O)O)C(=O)OC2.Nc1nc2c(ncn2[C@@H]2O[C@H](CO)[C@@H](O)[C@H]2O)c(=O)[nH]1. The molecule has 232 valence electrons. The average Bonchev–Trinajstić information content (AvgIpc) is 3.64. The molecule has 0 aliphatic carbocycles. The van der Waals surface area contributed by atoms with Crippen LogP contribution < -0.4 is 16.0 Å². The van der Waals surface area contributed by atoms with Gasteiger partial charge in [0.2, 0.25) is 5.95 Å². The lowest BCUT2D eigenvalue weighted by atomic mass is 9.94. The third-order valence-corrected chi connectivity index (χ3v) is 7.28. The summed E-state index contributed by atoms with van der Waals surface area (Å²) in [6.45, 7) is 3.35. The summed E-state index contributed by atoms with van der Waals surface area (Å²) in [5.74, 6) is -1.07. The van der Waals surface area contributed by atoms with Gasteiger partial charge in [0.15, 0.2) is 17.4 Å². The number of carboxylic acids is 1. The predicted molar refractivity (Wildman–Crippen MR) is 148 cm³/mol. The summed E-state index contributed by atoms with van der Waals surface area (Å²) in [6.07, 6.45) is -0.534. The van der Waals surface area contributed by atoms with Crippen LogP contribution in [0.25, 0.3) is 11.2 Å². The molecule has 0 bridgehead atoms. The number of phenolic OH excluding ortho intramolecular Hbond substituents is 1. The van der Waals surface area contributed by atoms with Gasteiger partial charge in [-0.25, -0.2) is 9.78 Å². The number of cyclic esters (lactones) is 1. The number of rotatable bonds is 8. The van der Waals surface area contributed by atoms with Crippen LogP contribution in [0.1, 0.15) is 53.0 Å². The molecule has 0 saturated carbocycles. The van der Waals surface area contributed by atoms with Crippen LogP contribution in [0.3, 0.4) is 0 Å². The quantitative estimate of drug-likeness (QED) is 0.133. The van der Waals surface area contributed by atoms with E-state index in [1.54, 1.807) is 0 Å². The fourth-order valence-electron chi connectivity index (χ4n) is 4.95. The standard InChI is InChI=1S/C17H20O6.C10H13N5O5/c1-9(5-7-13(18)19)4-6-11-15(20)14-12(8-23-17(14)21)10(2)16(11)22-3;11-10-13-7-4(8(19)14-10)12-2-15(7)9-6(18)5(17)3(1-16)20-9/h4,20H,5-8H2,1-3H3,(H,18,19);2-3,5-6,9,16-18H,1H2,(H3,11,13,14,19)/b9-4+;/t;3-,5-,6-,9-/m.1/s1. The Kier molecular flexibility index (Phi) is 9.34. The van der Waals surface area contributed by atoms with E-state index in [-0.39, 0.29) is 41.5 Å². The molecule has 3 aromatic rings. The largest absolute Gasteiger partial charge is 0.507 e. The Bertz CT molecular complexity index is 1630. The Labute approximate surface area is 244 Å². The van der Waals surface area contributed by atoms with E-state index in [0.717, 1.165) is 11.1 Å². The molecular weight excluding hydrogens is 570 g/mol. The Morgan fingerprint density at radius 3 is 2.63 bits per heavy atom. The van der Waals surface area contributed by atoms with Gasteiger partial charge in [0.1, 0.15) is 42.0 Å². The minimum atomic E-state index is -1.29. The number of anilines is 1. The Morgan fingerprint density at radius 2 is 2.00 bits per heavy atom. The zero-order valence-corrected chi connectivity index (χ0v) is 23.6. The number of ether oxygens (including phenoxy) is 3. The number of esters is 1. The molecule has 5 rings (SSSR count). The lowest BCUT2D eigenvalue weighted by Gasteiger charge is -2.16. The highest BCUT2D eigenvalue weighted by molar-refractivity contribution is 5.98.